The molecule has 0 saturated heterocycles. The number of hydrogen-bond donors (Lipinski definition) is 0. The third-order valence-corrected chi connectivity index (χ3v) is 4.91. The molecule has 1 aromatic carbocycles. The van der Waals surface area contributed by atoms with Crippen molar-refractivity contribution in [3.63, 3.8) is 0 Å². The summed E-state index contributed by atoms with van der Waals surface area (Å²) in [6.07, 6.45) is 1.38. The second kappa shape index (κ2) is 9.42. The summed E-state index contributed by atoms with van der Waals surface area (Å²) >= 11 is 1.54. The number of rotatable bonds is 8. The molecule has 3 aromatic rings. The Morgan fingerprint density at radius 2 is 2.10 bits per heavy atom. The Bertz CT molecular complexity index is 988. The molecule has 0 aliphatic heterocycles. The molecule has 29 heavy (non-hydrogen) atoms. The van der Waals surface area contributed by atoms with Crippen LogP contribution in [0.2, 0.25) is 0 Å². The maximum absolute atomic E-state index is 13.8. The number of halogens is 2. The van der Waals surface area contributed by atoms with Crippen LogP contribution in [0.5, 0.6) is 0 Å². The van der Waals surface area contributed by atoms with E-state index in [-0.39, 0.29) is 42.6 Å². The van der Waals surface area contributed by atoms with Gasteiger partial charge in [0.2, 0.25) is 0 Å². The van der Waals surface area contributed by atoms with Gasteiger partial charge in [0.15, 0.2) is 18.3 Å². The third kappa shape index (κ3) is 5.71. The van der Waals surface area contributed by atoms with E-state index in [1.54, 1.807) is 7.05 Å². The molecule has 1 amide bonds. The van der Waals surface area contributed by atoms with Gasteiger partial charge in [0.05, 0.1) is 24.7 Å². The summed E-state index contributed by atoms with van der Waals surface area (Å²) < 4.78 is 37.2. The first kappa shape index (κ1) is 20.7. The molecule has 9 heteroatoms. The number of carbonyl (C=O) groups excluding carboxylic acids is 2. The summed E-state index contributed by atoms with van der Waals surface area (Å²) in [6.45, 7) is 0.103. The number of hydrogen-bond acceptors (Lipinski definition) is 6. The number of aryl methyl sites for hydroxylation is 1. The molecule has 0 spiro atoms. The highest BCUT2D eigenvalue weighted by molar-refractivity contribution is 7.09. The van der Waals surface area contributed by atoms with Gasteiger partial charge >= 0.3 is 5.97 Å². The highest BCUT2D eigenvalue weighted by Gasteiger charge is 2.15. The Kier molecular flexibility index (Phi) is 6.71. The van der Waals surface area contributed by atoms with Crippen LogP contribution < -0.4 is 0 Å². The third-order valence-electron chi connectivity index (χ3n) is 4.05. The fraction of sp³-hybridized carbons (Fsp3) is 0.250. The molecule has 0 N–H and O–H groups in total. The van der Waals surface area contributed by atoms with Crippen molar-refractivity contribution in [2.45, 2.75) is 19.4 Å². The van der Waals surface area contributed by atoms with Crippen LogP contribution in [0.15, 0.2) is 46.3 Å². The van der Waals surface area contributed by atoms with Gasteiger partial charge in [-0.2, -0.15) is 0 Å². The zero-order valence-corrected chi connectivity index (χ0v) is 16.4. The maximum atomic E-state index is 13.8. The van der Waals surface area contributed by atoms with Gasteiger partial charge < -0.3 is 14.1 Å². The minimum Gasteiger partial charge on any atom is -0.456 e. The molecule has 0 radical (unpaired) electrons. The highest BCUT2D eigenvalue weighted by atomic mass is 32.1. The summed E-state index contributed by atoms with van der Waals surface area (Å²) in [5, 5.41) is 1.92. The van der Waals surface area contributed by atoms with Crippen molar-refractivity contribution in [1.82, 2.24) is 9.88 Å². The van der Waals surface area contributed by atoms with Crippen molar-refractivity contribution in [3.8, 4) is 11.3 Å². The zero-order chi connectivity index (χ0) is 20.8. The standard InChI is InChI=1S/C20H18F2N2O4S/c1-24(11-14-3-2-8-29-14)19(25)12-27-20(26)7-6-18-23-10-17(28-18)15-5-4-13(21)9-16(15)22/h2-5,8-10H,6-7,11-12H2,1H3. The topological polar surface area (TPSA) is 72.6 Å². The van der Waals surface area contributed by atoms with E-state index in [0.29, 0.717) is 6.54 Å². The van der Waals surface area contributed by atoms with Gasteiger partial charge in [-0.25, -0.2) is 13.8 Å². The quantitative estimate of drug-likeness (QED) is 0.518. The van der Waals surface area contributed by atoms with E-state index in [4.69, 9.17) is 9.15 Å². The number of thiophene rings is 1. The van der Waals surface area contributed by atoms with Crippen LogP contribution in [0, 0.1) is 11.6 Å². The Balaban J connectivity index is 1.45. The van der Waals surface area contributed by atoms with Crippen LogP contribution in [0.3, 0.4) is 0 Å². The normalized spacial score (nSPS) is 10.7. The van der Waals surface area contributed by atoms with E-state index < -0.39 is 17.6 Å². The van der Waals surface area contributed by atoms with Crippen molar-refractivity contribution < 1.29 is 27.5 Å². The Labute approximate surface area is 169 Å². The number of aromatic nitrogens is 1. The molecule has 0 aliphatic rings. The van der Waals surface area contributed by atoms with Crippen LogP contribution in [0.1, 0.15) is 17.2 Å². The van der Waals surface area contributed by atoms with Crippen LogP contribution >= 0.6 is 11.3 Å². The fourth-order valence-electron chi connectivity index (χ4n) is 2.50. The molecule has 3 rings (SSSR count). The van der Waals surface area contributed by atoms with Crippen molar-refractivity contribution in [2.75, 3.05) is 13.7 Å². The lowest BCUT2D eigenvalue weighted by molar-refractivity contribution is -0.151. The van der Waals surface area contributed by atoms with E-state index in [0.717, 1.165) is 17.0 Å². The first-order chi connectivity index (χ1) is 13.9. The van der Waals surface area contributed by atoms with Crippen LogP contribution in [0.25, 0.3) is 11.3 Å². The molecule has 0 aliphatic carbocycles. The van der Waals surface area contributed by atoms with Gasteiger partial charge in [-0.05, 0) is 23.6 Å². The van der Waals surface area contributed by atoms with Crippen molar-refractivity contribution in [3.05, 3.63) is 64.3 Å². The van der Waals surface area contributed by atoms with Gasteiger partial charge in [0.25, 0.3) is 5.91 Å². The summed E-state index contributed by atoms with van der Waals surface area (Å²) in [6, 6.07) is 6.94. The monoisotopic (exact) mass is 420 g/mol. The molecule has 2 aromatic heterocycles. The second-order valence-electron chi connectivity index (χ2n) is 6.23. The van der Waals surface area contributed by atoms with E-state index in [1.807, 2.05) is 17.5 Å². The highest BCUT2D eigenvalue weighted by Crippen LogP contribution is 2.24. The van der Waals surface area contributed by atoms with Crippen molar-refractivity contribution >= 4 is 23.2 Å². The summed E-state index contributed by atoms with van der Waals surface area (Å²) in [4.78, 5) is 30.4. The second-order valence-corrected chi connectivity index (χ2v) is 7.26. The zero-order valence-electron chi connectivity index (χ0n) is 15.6. The smallest absolute Gasteiger partial charge is 0.306 e. The number of carbonyl (C=O) groups is 2. The lowest BCUT2D eigenvalue weighted by Crippen LogP contribution is -2.30. The van der Waals surface area contributed by atoms with Gasteiger partial charge in [-0.1, -0.05) is 6.07 Å². The molecule has 0 atom stereocenters. The number of amides is 1. The van der Waals surface area contributed by atoms with E-state index in [1.165, 1.54) is 28.5 Å². The minimum absolute atomic E-state index is 0.0478. The van der Waals surface area contributed by atoms with Crippen molar-refractivity contribution in [2.24, 2.45) is 0 Å². The lowest BCUT2D eigenvalue weighted by Gasteiger charge is -2.16. The number of oxazole rings is 1. The van der Waals surface area contributed by atoms with Gasteiger partial charge in [-0.3, -0.25) is 9.59 Å². The van der Waals surface area contributed by atoms with E-state index in [9.17, 15) is 18.4 Å². The van der Waals surface area contributed by atoms with Crippen LogP contribution in [0.4, 0.5) is 8.78 Å². The first-order valence-electron chi connectivity index (χ1n) is 8.74. The predicted octanol–water partition coefficient (Wildman–Crippen LogP) is 3.82. The summed E-state index contributed by atoms with van der Waals surface area (Å²) in [5.74, 6) is -1.99. The largest absolute Gasteiger partial charge is 0.456 e. The number of esters is 1. The maximum Gasteiger partial charge on any atom is 0.306 e. The van der Waals surface area contributed by atoms with E-state index in [2.05, 4.69) is 4.98 Å². The van der Waals surface area contributed by atoms with Gasteiger partial charge in [0, 0.05) is 24.4 Å². The van der Waals surface area contributed by atoms with E-state index >= 15 is 0 Å². The molecule has 0 bridgehead atoms. The van der Waals surface area contributed by atoms with Gasteiger partial charge in [0.1, 0.15) is 11.6 Å². The fourth-order valence-corrected chi connectivity index (χ4v) is 3.25. The molecule has 0 unspecified atom stereocenters. The molecule has 0 saturated carbocycles. The minimum atomic E-state index is -0.766. The molecule has 152 valence electrons. The Morgan fingerprint density at radius 1 is 1.28 bits per heavy atom. The number of benzene rings is 1. The molecular formula is C20H18F2N2O4S. The average Bonchev–Trinajstić information content (AvgIpc) is 3.36. The summed E-state index contributed by atoms with van der Waals surface area (Å²) in [5.41, 5.74) is 0.0760. The van der Waals surface area contributed by atoms with Gasteiger partial charge in [-0.15, -0.1) is 11.3 Å². The first-order valence-corrected chi connectivity index (χ1v) is 9.62. The Morgan fingerprint density at radius 3 is 2.83 bits per heavy atom. The molecular weight excluding hydrogens is 402 g/mol. The average molecular weight is 420 g/mol. The molecule has 6 nitrogen and oxygen atoms in total. The summed E-state index contributed by atoms with van der Waals surface area (Å²) in [7, 11) is 1.64. The number of nitrogens with zero attached hydrogens (tertiary/aromatic N) is 2. The molecule has 0 fully saturated rings. The number of likely N-dealkylation sites (N-methyl/N-ethyl adjacent to an activating group) is 1. The van der Waals surface area contributed by atoms with Crippen LogP contribution in [-0.2, 0) is 27.3 Å². The number of ether oxygens (including phenoxy) is 1. The lowest BCUT2D eigenvalue weighted by atomic mass is 10.2. The Hall–Kier alpha value is -3.07. The predicted molar refractivity (Wildman–Crippen MR) is 102 cm³/mol. The SMILES string of the molecule is CN(Cc1cccs1)C(=O)COC(=O)CCc1ncc(-c2ccc(F)cc2F)o1. The molecule has 2 heterocycles. The van der Waals surface area contributed by atoms with Crippen LogP contribution in [-0.4, -0.2) is 35.4 Å². The van der Waals surface area contributed by atoms with Crippen molar-refractivity contribution in [1.29, 1.82) is 0 Å².